The van der Waals surface area contributed by atoms with Crippen molar-refractivity contribution in [3.8, 4) is 0 Å². The van der Waals surface area contributed by atoms with Crippen LogP contribution in [0.2, 0.25) is 0 Å². The molecular formula is C11H13NO2. The molecule has 0 heterocycles. The largest absolute Gasteiger partial charge is 0.387 e. The molecule has 14 heavy (non-hydrogen) atoms. The average molecular weight is 191 g/mol. The topological polar surface area (TPSA) is 49.3 Å². The SMILES string of the molecule is C=C(NC(=O)c1ccccc1)C(C)O. The number of carbonyl (C=O) groups excluding carboxylic acids is 1. The minimum absolute atomic E-state index is 0.253. The second-order valence-corrected chi connectivity index (χ2v) is 3.02. The average Bonchev–Trinajstić information content (AvgIpc) is 2.19. The summed E-state index contributed by atoms with van der Waals surface area (Å²) in [6.07, 6.45) is -0.734. The maximum atomic E-state index is 11.5. The Kier molecular flexibility index (Phi) is 3.42. The summed E-state index contributed by atoms with van der Waals surface area (Å²) in [6.45, 7) is 5.09. The number of amides is 1. The fourth-order valence-electron chi connectivity index (χ4n) is 0.912. The first kappa shape index (κ1) is 10.5. The van der Waals surface area contributed by atoms with Gasteiger partial charge in [-0.2, -0.15) is 0 Å². The van der Waals surface area contributed by atoms with E-state index in [1.54, 1.807) is 31.2 Å². The Morgan fingerprint density at radius 2 is 2.00 bits per heavy atom. The van der Waals surface area contributed by atoms with Gasteiger partial charge in [0.1, 0.15) is 0 Å². The molecular weight excluding hydrogens is 178 g/mol. The Hall–Kier alpha value is -1.61. The lowest BCUT2D eigenvalue weighted by atomic mass is 10.2. The normalized spacial score (nSPS) is 11.9. The van der Waals surface area contributed by atoms with E-state index in [9.17, 15) is 4.79 Å². The number of aliphatic hydroxyl groups is 1. The van der Waals surface area contributed by atoms with Crippen molar-refractivity contribution in [2.75, 3.05) is 0 Å². The Morgan fingerprint density at radius 1 is 1.43 bits per heavy atom. The molecule has 0 radical (unpaired) electrons. The summed E-state index contributed by atoms with van der Waals surface area (Å²) in [4.78, 5) is 11.5. The van der Waals surface area contributed by atoms with Gasteiger partial charge in [0.2, 0.25) is 0 Å². The van der Waals surface area contributed by atoms with Crippen molar-refractivity contribution in [3.63, 3.8) is 0 Å². The Bertz CT molecular complexity index is 330. The van der Waals surface area contributed by atoms with Crippen LogP contribution < -0.4 is 5.32 Å². The van der Waals surface area contributed by atoms with Gasteiger partial charge >= 0.3 is 0 Å². The highest BCUT2D eigenvalue weighted by atomic mass is 16.3. The van der Waals surface area contributed by atoms with Gasteiger partial charge in [-0.1, -0.05) is 24.8 Å². The minimum atomic E-state index is -0.734. The second-order valence-electron chi connectivity index (χ2n) is 3.02. The molecule has 0 bridgehead atoms. The number of aliphatic hydroxyl groups excluding tert-OH is 1. The molecule has 3 heteroatoms. The zero-order chi connectivity index (χ0) is 10.6. The van der Waals surface area contributed by atoms with Crippen LogP contribution in [0.3, 0.4) is 0 Å². The summed E-state index contributed by atoms with van der Waals surface area (Å²) in [6, 6.07) is 8.79. The number of hydrogen-bond donors (Lipinski definition) is 2. The lowest BCUT2D eigenvalue weighted by Crippen LogP contribution is -2.27. The predicted molar refractivity (Wildman–Crippen MR) is 54.7 cm³/mol. The maximum Gasteiger partial charge on any atom is 0.255 e. The smallest absolute Gasteiger partial charge is 0.255 e. The molecule has 0 aliphatic rings. The quantitative estimate of drug-likeness (QED) is 0.756. The van der Waals surface area contributed by atoms with Crippen molar-refractivity contribution in [2.45, 2.75) is 13.0 Å². The van der Waals surface area contributed by atoms with Gasteiger partial charge in [0, 0.05) is 11.3 Å². The van der Waals surface area contributed by atoms with Gasteiger partial charge in [-0.25, -0.2) is 0 Å². The Labute approximate surface area is 83.1 Å². The van der Waals surface area contributed by atoms with Crippen LogP contribution in [0.1, 0.15) is 17.3 Å². The van der Waals surface area contributed by atoms with Crippen LogP contribution in [0.25, 0.3) is 0 Å². The standard InChI is InChI=1S/C11H13NO2/c1-8(9(2)13)12-11(14)10-6-4-3-5-7-10/h3-7,9,13H,1H2,2H3,(H,12,14). The first-order valence-electron chi connectivity index (χ1n) is 4.34. The summed E-state index contributed by atoms with van der Waals surface area (Å²) in [7, 11) is 0. The fraction of sp³-hybridized carbons (Fsp3) is 0.182. The number of carbonyl (C=O) groups is 1. The molecule has 0 aliphatic carbocycles. The molecule has 2 N–H and O–H groups in total. The summed E-state index contributed by atoms with van der Waals surface area (Å²) in [5.74, 6) is -0.253. The van der Waals surface area contributed by atoms with E-state index in [0.717, 1.165) is 0 Å². The van der Waals surface area contributed by atoms with Crippen LogP contribution >= 0.6 is 0 Å². The van der Waals surface area contributed by atoms with E-state index in [1.807, 2.05) is 6.07 Å². The van der Waals surface area contributed by atoms with Crippen molar-refractivity contribution < 1.29 is 9.90 Å². The molecule has 1 amide bonds. The molecule has 0 fully saturated rings. The molecule has 1 unspecified atom stereocenters. The van der Waals surface area contributed by atoms with Crippen molar-refractivity contribution in [1.82, 2.24) is 5.32 Å². The van der Waals surface area contributed by atoms with Gasteiger partial charge in [0.25, 0.3) is 5.91 Å². The highest BCUT2D eigenvalue weighted by Crippen LogP contribution is 2.00. The zero-order valence-electron chi connectivity index (χ0n) is 8.03. The van der Waals surface area contributed by atoms with E-state index in [2.05, 4.69) is 11.9 Å². The lowest BCUT2D eigenvalue weighted by molar-refractivity contribution is 0.0951. The Balaban J connectivity index is 2.65. The molecule has 0 spiro atoms. The summed E-state index contributed by atoms with van der Waals surface area (Å²) in [5, 5.41) is 11.6. The summed E-state index contributed by atoms with van der Waals surface area (Å²) in [5.41, 5.74) is 0.855. The van der Waals surface area contributed by atoms with Gasteiger partial charge < -0.3 is 10.4 Å². The first-order valence-corrected chi connectivity index (χ1v) is 4.34. The predicted octanol–water partition coefficient (Wildman–Crippen LogP) is 1.31. The lowest BCUT2D eigenvalue weighted by Gasteiger charge is -2.10. The molecule has 0 saturated carbocycles. The van der Waals surface area contributed by atoms with Gasteiger partial charge in [0.15, 0.2) is 0 Å². The van der Waals surface area contributed by atoms with E-state index in [1.165, 1.54) is 0 Å². The second kappa shape index (κ2) is 4.58. The molecule has 3 nitrogen and oxygen atoms in total. The fourth-order valence-corrected chi connectivity index (χ4v) is 0.912. The molecule has 0 aliphatic heterocycles. The van der Waals surface area contributed by atoms with Crippen LogP contribution in [0.5, 0.6) is 0 Å². The number of hydrogen-bond acceptors (Lipinski definition) is 2. The van der Waals surface area contributed by atoms with E-state index in [4.69, 9.17) is 5.11 Å². The first-order chi connectivity index (χ1) is 6.61. The minimum Gasteiger partial charge on any atom is -0.387 e. The van der Waals surface area contributed by atoms with Crippen LogP contribution in [-0.2, 0) is 0 Å². The third kappa shape index (κ3) is 2.71. The molecule has 0 saturated heterocycles. The van der Waals surface area contributed by atoms with E-state index < -0.39 is 6.10 Å². The van der Waals surface area contributed by atoms with E-state index >= 15 is 0 Å². The highest BCUT2D eigenvalue weighted by Gasteiger charge is 2.08. The summed E-state index contributed by atoms with van der Waals surface area (Å²) >= 11 is 0. The van der Waals surface area contributed by atoms with Crippen molar-refractivity contribution in [1.29, 1.82) is 0 Å². The zero-order valence-corrected chi connectivity index (χ0v) is 8.03. The molecule has 1 aromatic carbocycles. The van der Waals surface area contributed by atoms with Crippen molar-refractivity contribution in [3.05, 3.63) is 48.2 Å². The van der Waals surface area contributed by atoms with Gasteiger partial charge in [-0.15, -0.1) is 0 Å². The maximum absolute atomic E-state index is 11.5. The van der Waals surface area contributed by atoms with Crippen molar-refractivity contribution in [2.24, 2.45) is 0 Å². The van der Waals surface area contributed by atoms with E-state index in [0.29, 0.717) is 11.3 Å². The molecule has 1 rings (SSSR count). The van der Waals surface area contributed by atoms with Gasteiger partial charge in [0.05, 0.1) is 6.10 Å². The molecule has 1 aromatic rings. The van der Waals surface area contributed by atoms with Crippen LogP contribution in [0.4, 0.5) is 0 Å². The molecule has 0 aromatic heterocycles. The number of nitrogens with one attached hydrogen (secondary N) is 1. The number of benzene rings is 1. The van der Waals surface area contributed by atoms with Crippen LogP contribution in [-0.4, -0.2) is 17.1 Å². The third-order valence-electron chi connectivity index (χ3n) is 1.81. The van der Waals surface area contributed by atoms with Crippen LogP contribution in [0.15, 0.2) is 42.6 Å². The number of rotatable bonds is 3. The summed E-state index contributed by atoms with van der Waals surface area (Å²) < 4.78 is 0. The monoisotopic (exact) mass is 191 g/mol. The van der Waals surface area contributed by atoms with Gasteiger partial charge in [-0.05, 0) is 19.1 Å². The van der Waals surface area contributed by atoms with Gasteiger partial charge in [-0.3, -0.25) is 4.79 Å². The molecule has 74 valence electrons. The third-order valence-corrected chi connectivity index (χ3v) is 1.81. The molecule has 1 atom stereocenters. The van der Waals surface area contributed by atoms with E-state index in [-0.39, 0.29) is 5.91 Å². The van der Waals surface area contributed by atoms with Crippen LogP contribution in [0, 0.1) is 0 Å². The highest BCUT2D eigenvalue weighted by molar-refractivity contribution is 5.95. The Morgan fingerprint density at radius 3 is 2.50 bits per heavy atom. The van der Waals surface area contributed by atoms with Crippen molar-refractivity contribution >= 4 is 5.91 Å².